The van der Waals surface area contributed by atoms with Crippen LogP contribution < -0.4 is 5.69 Å². The highest BCUT2D eigenvalue weighted by Gasteiger charge is 2.10. The van der Waals surface area contributed by atoms with Crippen LogP contribution in [0.25, 0.3) is 16.4 Å². The lowest BCUT2D eigenvalue weighted by Crippen LogP contribution is -2.12. The number of benzene rings is 1. The first-order valence-corrected chi connectivity index (χ1v) is 5.08. The van der Waals surface area contributed by atoms with Crippen molar-refractivity contribution < 1.29 is 0 Å². The highest BCUT2D eigenvalue weighted by Crippen LogP contribution is 2.24. The van der Waals surface area contributed by atoms with Gasteiger partial charge >= 0.3 is 5.69 Å². The van der Waals surface area contributed by atoms with E-state index in [-0.39, 0.29) is 5.69 Å². The Bertz CT molecular complexity index is 758. The molecule has 2 aromatic heterocycles. The molecule has 0 radical (unpaired) electrons. The molecule has 0 spiro atoms. The lowest BCUT2D eigenvalue weighted by Gasteiger charge is -2.02. The summed E-state index contributed by atoms with van der Waals surface area (Å²) < 4.78 is 1.17. The van der Waals surface area contributed by atoms with E-state index in [1.54, 1.807) is 0 Å². The number of aryl methyl sites for hydroxylation is 1. The van der Waals surface area contributed by atoms with Gasteiger partial charge in [-0.2, -0.15) is 9.61 Å². The van der Waals surface area contributed by atoms with Crippen LogP contribution in [0.1, 0.15) is 5.56 Å². The lowest BCUT2D eigenvalue weighted by atomic mass is 10.1. The third kappa shape index (κ3) is 1.15. The summed E-state index contributed by atoms with van der Waals surface area (Å²) in [7, 11) is 0. The predicted octanol–water partition coefficient (Wildman–Crippen LogP) is 1.53. The molecule has 0 aliphatic carbocycles. The third-order valence-corrected chi connectivity index (χ3v) is 2.76. The summed E-state index contributed by atoms with van der Waals surface area (Å²) in [6, 6.07) is 5.75. The zero-order valence-electron chi connectivity index (χ0n) is 8.36. The van der Waals surface area contributed by atoms with Crippen LogP contribution in [0.3, 0.4) is 0 Å². The van der Waals surface area contributed by atoms with Crippen molar-refractivity contribution in [3.63, 3.8) is 0 Å². The van der Waals surface area contributed by atoms with Gasteiger partial charge in [0.1, 0.15) is 0 Å². The van der Waals surface area contributed by atoms with Crippen LogP contribution in [0.15, 0.2) is 23.0 Å². The maximum absolute atomic E-state index is 11.4. The van der Waals surface area contributed by atoms with Gasteiger partial charge < -0.3 is 0 Å². The minimum atomic E-state index is -0.389. The third-order valence-electron chi connectivity index (χ3n) is 2.48. The highest BCUT2D eigenvalue weighted by molar-refractivity contribution is 6.34. The van der Waals surface area contributed by atoms with E-state index in [4.69, 9.17) is 11.6 Å². The molecule has 3 aromatic rings. The molecule has 0 saturated heterocycles. The summed E-state index contributed by atoms with van der Waals surface area (Å²) in [6.07, 6.45) is 0. The van der Waals surface area contributed by atoms with Crippen LogP contribution in [0.4, 0.5) is 0 Å². The highest BCUT2D eigenvalue weighted by atomic mass is 35.5. The quantitative estimate of drug-likeness (QED) is 0.642. The first kappa shape index (κ1) is 9.35. The minimum absolute atomic E-state index is 0.301. The van der Waals surface area contributed by atoms with Gasteiger partial charge in [0, 0.05) is 10.8 Å². The molecule has 0 fully saturated rings. The number of nitrogens with one attached hydrogen (secondary N) is 1. The van der Waals surface area contributed by atoms with Crippen LogP contribution >= 0.6 is 11.6 Å². The average Bonchev–Trinajstić information content (AvgIpc) is 2.61. The van der Waals surface area contributed by atoms with Gasteiger partial charge in [-0.05, 0) is 13.0 Å². The summed E-state index contributed by atoms with van der Waals surface area (Å²) in [5.74, 6) is 0. The van der Waals surface area contributed by atoms with Crippen molar-refractivity contribution in [2.45, 2.75) is 6.92 Å². The minimum Gasteiger partial charge on any atom is -0.244 e. The van der Waals surface area contributed by atoms with Crippen molar-refractivity contribution in [2.24, 2.45) is 0 Å². The Morgan fingerprint density at radius 2 is 2.19 bits per heavy atom. The van der Waals surface area contributed by atoms with E-state index in [1.165, 1.54) is 4.52 Å². The number of aromatic nitrogens is 4. The topological polar surface area (TPSA) is 63.1 Å². The van der Waals surface area contributed by atoms with Crippen LogP contribution in [-0.4, -0.2) is 19.8 Å². The fourth-order valence-electron chi connectivity index (χ4n) is 1.72. The van der Waals surface area contributed by atoms with Crippen LogP contribution in [-0.2, 0) is 0 Å². The van der Waals surface area contributed by atoms with Crippen molar-refractivity contribution in [3.05, 3.63) is 39.4 Å². The van der Waals surface area contributed by atoms with Gasteiger partial charge in [0.15, 0.2) is 10.8 Å². The van der Waals surface area contributed by atoms with Gasteiger partial charge in [-0.3, -0.25) is 0 Å². The molecule has 0 saturated carbocycles. The van der Waals surface area contributed by atoms with E-state index in [9.17, 15) is 4.79 Å². The molecule has 0 unspecified atom stereocenters. The number of hydrogen-bond acceptors (Lipinski definition) is 3. The van der Waals surface area contributed by atoms with Crippen molar-refractivity contribution in [2.75, 3.05) is 0 Å². The zero-order valence-corrected chi connectivity index (χ0v) is 9.12. The first-order valence-electron chi connectivity index (χ1n) is 4.70. The maximum Gasteiger partial charge on any atom is 0.364 e. The zero-order chi connectivity index (χ0) is 11.3. The van der Waals surface area contributed by atoms with E-state index in [2.05, 4.69) is 15.3 Å². The van der Waals surface area contributed by atoms with E-state index >= 15 is 0 Å². The van der Waals surface area contributed by atoms with Gasteiger partial charge in [0.2, 0.25) is 0 Å². The smallest absolute Gasteiger partial charge is 0.244 e. The van der Waals surface area contributed by atoms with Gasteiger partial charge in [-0.15, -0.1) is 5.10 Å². The number of rotatable bonds is 0. The SMILES string of the molecule is Cc1ccc2c(c1)c(Cl)nn1c(=O)[nH]nc21. The summed E-state index contributed by atoms with van der Waals surface area (Å²) in [6.45, 7) is 1.97. The lowest BCUT2D eigenvalue weighted by molar-refractivity contribution is 0.887. The Hall–Kier alpha value is -1.88. The number of nitrogens with zero attached hydrogens (tertiary/aromatic N) is 3. The van der Waals surface area contributed by atoms with Crippen molar-refractivity contribution >= 4 is 28.0 Å². The van der Waals surface area contributed by atoms with Crippen LogP contribution in [0.5, 0.6) is 0 Å². The van der Waals surface area contributed by atoms with E-state index in [1.807, 2.05) is 25.1 Å². The molecular formula is C10H7ClN4O. The maximum atomic E-state index is 11.4. The Balaban J connectivity index is 2.65. The largest absolute Gasteiger partial charge is 0.364 e. The number of aromatic amines is 1. The van der Waals surface area contributed by atoms with Crippen LogP contribution in [0.2, 0.25) is 5.15 Å². The average molecular weight is 235 g/mol. The number of H-pyrrole nitrogens is 1. The number of halogens is 1. The molecule has 80 valence electrons. The predicted molar refractivity (Wildman–Crippen MR) is 60.9 cm³/mol. The molecule has 0 bridgehead atoms. The van der Waals surface area contributed by atoms with E-state index in [0.29, 0.717) is 10.8 Å². The molecule has 1 N–H and O–H groups in total. The number of fused-ring (bicyclic) bond motifs is 3. The fraction of sp³-hybridized carbons (Fsp3) is 0.100. The normalized spacial score (nSPS) is 11.4. The summed E-state index contributed by atoms with van der Waals surface area (Å²) in [5, 5.41) is 12.2. The fourth-order valence-corrected chi connectivity index (χ4v) is 1.96. The molecule has 1 aromatic carbocycles. The van der Waals surface area contributed by atoms with E-state index in [0.717, 1.165) is 16.3 Å². The summed E-state index contributed by atoms with van der Waals surface area (Å²) >= 11 is 6.02. The molecule has 16 heavy (non-hydrogen) atoms. The standard InChI is InChI=1S/C10H7ClN4O/c1-5-2-3-6-7(4-5)8(11)14-15-9(6)12-13-10(15)16/h2-4H,1H3,(H,13,16). The second-order valence-electron chi connectivity index (χ2n) is 3.60. The molecular weight excluding hydrogens is 228 g/mol. The Kier molecular flexibility index (Phi) is 1.79. The molecule has 0 amide bonds. The Morgan fingerprint density at radius 1 is 1.38 bits per heavy atom. The summed E-state index contributed by atoms with van der Waals surface area (Å²) in [4.78, 5) is 11.4. The van der Waals surface area contributed by atoms with Gasteiger partial charge in [-0.1, -0.05) is 29.3 Å². The Morgan fingerprint density at radius 3 is 3.00 bits per heavy atom. The van der Waals surface area contributed by atoms with Crippen molar-refractivity contribution in [1.29, 1.82) is 0 Å². The molecule has 0 aliphatic heterocycles. The molecule has 6 heteroatoms. The van der Waals surface area contributed by atoms with Gasteiger partial charge in [0.25, 0.3) is 0 Å². The van der Waals surface area contributed by atoms with Gasteiger partial charge in [0.05, 0.1) is 0 Å². The number of hydrogen-bond donors (Lipinski definition) is 1. The second kappa shape index (κ2) is 3.05. The molecule has 2 heterocycles. The van der Waals surface area contributed by atoms with Crippen molar-refractivity contribution in [1.82, 2.24) is 19.8 Å². The van der Waals surface area contributed by atoms with Gasteiger partial charge in [-0.25, -0.2) is 9.89 Å². The second-order valence-corrected chi connectivity index (χ2v) is 3.96. The van der Waals surface area contributed by atoms with Crippen LogP contribution in [0, 0.1) is 6.92 Å². The molecule has 5 nitrogen and oxygen atoms in total. The van der Waals surface area contributed by atoms with E-state index < -0.39 is 0 Å². The summed E-state index contributed by atoms with van der Waals surface area (Å²) in [5.41, 5.74) is 1.18. The molecule has 3 rings (SSSR count). The molecule has 0 atom stereocenters. The monoisotopic (exact) mass is 234 g/mol. The molecule has 0 aliphatic rings. The first-order chi connectivity index (χ1) is 7.66. The Labute approximate surface area is 94.7 Å². The van der Waals surface area contributed by atoms with Crippen molar-refractivity contribution in [3.8, 4) is 0 Å².